The van der Waals surface area contributed by atoms with Crippen molar-refractivity contribution in [3.8, 4) is 5.75 Å². The summed E-state index contributed by atoms with van der Waals surface area (Å²) in [6.07, 6.45) is 0. The third-order valence-electron chi connectivity index (χ3n) is 2.76. The molecule has 1 aromatic heterocycles. The van der Waals surface area contributed by atoms with Crippen LogP contribution in [0.4, 0.5) is 0 Å². The Kier molecular flexibility index (Phi) is 4.22. The molecule has 1 aromatic carbocycles. The molecule has 0 fully saturated rings. The molecule has 0 radical (unpaired) electrons. The van der Waals surface area contributed by atoms with Gasteiger partial charge in [0.05, 0.1) is 0 Å². The number of ketones is 1. The molecule has 0 unspecified atom stereocenters. The van der Waals surface area contributed by atoms with Gasteiger partial charge in [-0.05, 0) is 24.3 Å². The van der Waals surface area contributed by atoms with Crippen LogP contribution >= 0.6 is 0 Å². The SMILES string of the molecule is CC(=O)c1cc2cc(OCCNC(C)C)ccc2o1. The van der Waals surface area contributed by atoms with Gasteiger partial charge in [0.15, 0.2) is 11.5 Å². The third kappa shape index (κ3) is 3.58. The van der Waals surface area contributed by atoms with E-state index in [1.54, 1.807) is 6.07 Å². The van der Waals surface area contributed by atoms with Crippen molar-refractivity contribution in [2.24, 2.45) is 0 Å². The van der Waals surface area contributed by atoms with Crippen molar-refractivity contribution in [2.45, 2.75) is 26.8 Å². The number of carbonyl (C=O) groups excluding carboxylic acids is 1. The molecule has 19 heavy (non-hydrogen) atoms. The molecule has 0 saturated carbocycles. The molecule has 1 N–H and O–H groups in total. The Bertz CT molecular complexity index is 572. The molecule has 0 aliphatic rings. The molecular formula is C15H19NO3. The van der Waals surface area contributed by atoms with Gasteiger partial charge in [-0.15, -0.1) is 0 Å². The van der Waals surface area contributed by atoms with Gasteiger partial charge in [0.25, 0.3) is 0 Å². The van der Waals surface area contributed by atoms with Crippen molar-refractivity contribution in [1.29, 1.82) is 0 Å². The van der Waals surface area contributed by atoms with Crippen molar-refractivity contribution < 1.29 is 13.9 Å². The number of Topliss-reactive ketones (excluding diaryl/α,β-unsaturated/α-hetero) is 1. The van der Waals surface area contributed by atoms with Gasteiger partial charge < -0.3 is 14.5 Å². The average molecular weight is 261 g/mol. The number of hydrogen-bond donors (Lipinski definition) is 1. The minimum absolute atomic E-state index is 0.0696. The van der Waals surface area contributed by atoms with Crippen molar-refractivity contribution in [2.75, 3.05) is 13.2 Å². The van der Waals surface area contributed by atoms with E-state index in [1.807, 2.05) is 18.2 Å². The summed E-state index contributed by atoms with van der Waals surface area (Å²) >= 11 is 0. The smallest absolute Gasteiger partial charge is 0.194 e. The number of ether oxygens (including phenoxy) is 1. The molecule has 4 heteroatoms. The highest BCUT2D eigenvalue weighted by Crippen LogP contribution is 2.24. The summed E-state index contributed by atoms with van der Waals surface area (Å²) in [6, 6.07) is 7.77. The number of hydrogen-bond acceptors (Lipinski definition) is 4. The van der Waals surface area contributed by atoms with E-state index in [0.717, 1.165) is 17.7 Å². The molecule has 2 rings (SSSR count). The van der Waals surface area contributed by atoms with E-state index in [9.17, 15) is 4.79 Å². The lowest BCUT2D eigenvalue weighted by Gasteiger charge is -2.09. The number of carbonyl (C=O) groups is 1. The van der Waals surface area contributed by atoms with E-state index in [-0.39, 0.29) is 5.78 Å². The van der Waals surface area contributed by atoms with Crippen LogP contribution in [0.2, 0.25) is 0 Å². The Balaban J connectivity index is 2.02. The lowest BCUT2D eigenvalue weighted by Crippen LogP contribution is -2.27. The Hall–Kier alpha value is -1.81. The summed E-state index contributed by atoms with van der Waals surface area (Å²) in [5.41, 5.74) is 0.706. The molecule has 0 aliphatic carbocycles. The number of furan rings is 1. The summed E-state index contributed by atoms with van der Waals surface area (Å²) in [4.78, 5) is 11.2. The maximum absolute atomic E-state index is 11.2. The Morgan fingerprint density at radius 1 is 1.37 bits per heavy atom. The van der Waals surface area contributed by atoms with Crippen LogP contribution < -0.4 is 10.1 Å². The molecule has 102 valence electrons. The molecule has 1 heterocycles. The maximum Gasteiger partial charge on any atom is 0.194 e. The van der Waals surface area contributed by atoms with Gasteiger partial charge in [0.1, 0.15) is 17.9 Å². The molecule has 0 atom stereocenters. The van der Waals surface area contributed by atoms with Crippen molar-refractivity contribution in [3.05, 3.63) is 30.0 Å². The minimum Gasteiger partial charge on any atom is -0.492 e. The molecule has 0 amide bonds. The first-order valence-corrected chi connectivity index (χ1v) is 6.47. The second kappa shape index (κ2) is 5.89. The predicted molar refractivity (Wildman–Crippen MR) is 74.9 cm³/mol. The van der Waals surface area contributed by atoms with Gasteiger partial charge in [0.2, 0.25) is 0 Å². The van der Waals surface area contributed by atoms with Crippen molar-refractivity contribution in [3.63, 3.8) is 0 Å². The predicted octanol–water partition coefficient (Wildman–Crippen LogP) is 3.01. The second-order valence-electron chi connectivity index (χ2n) is 4.82. The quantitative estimate of drug-likeness (QED) is 0.641. The zero-order valence-electron chi connectivity index (χ0n) is 11.5. The molecule has 4 nitrogen and oxygen atoms in total. The lowest BCUT2D eigenvalue weighted by molar-refractivity contribution is 0.0989. The summed E-state index contributed by atoms with van der Waals surface area (Å²) < 4.78 is 11.1. The standard InChI is InChI=1S/C15H19NO3/c1-10(2)16-6-7-18-13-4-5-14-12(8-13)9-15(19-14)11(3)17/h4-5,8-10,16H,6-7H2,1-3H3. The van der Waals surface area contributed by atoms with E-state index in [4.69, 9.17) is 9.15 Å². The van der Waals surface area contributed by atoms with E-state index < -0.39 is 0 Å². The van der Waals surface area contributed by atoms with Crippen molar-refractivity contribution in [1.82, 2.24) is 5.32 Å². The van der Waals surface area contributed by atoms with Gasteiger partial charge in [-0.25, -0.2) is 0 Å². The summed E-state index contributed by atoms with van der Waals surface area (Å²) in [5.74, 6) is 1.10. The Morgan fingerprint density at radius 3 is 2.84 bits per heavy atom. The summed E-state index contributed by atoms with van der Waals surface area (Å²) in [5, 5.41) is 4.17. The lowest BCUT2D eigenvalue weighted by atomic mass is 10.2. The first kappa shape index (κ1) is 13.6. The number of benzene rings is 1. The topological polar surface area (TPSA) is 51.5 Å². The largest absolute Gasteiger partial charge is 0.492 e. The van der Waals surface area contributed by atoms with Crippen LogP contribution in [-0.4, -0.2) is 25.0 Å². The fraction of sp³-hybridized carbons (Fsp3) is 0.400. The van der Waals surface area contributed by atoms with Gasteiger partial charge in [-0.3, -0.25) is 4.79 Å². The number of nitrogens with one attached hydrogen (secondary N) is 1. The van der Waals surface area contributed by atoms with E-state index >= 15 is 0 Å². The monoisotopic (exact) mass is 261 g/mol. The molecule has 2 aromatic rings. The highest BCUT2D eigenvalue weighted by molar-refractivity contribution is 5.96. The zero-order chi connectivity index (χ0) is 13.8. The Labute approximate surface area is 112 Å². The zero-order valence-corrected chi connectivity index (χ0v) is 11.5. The minimum atomic E-state index is -0.0696. The van der Waals surface area contributed by atoms with E-state index in [1.165, 1.54) is 6.92 Å². The van der Waals surface area contributed by atoms with Crippen LogP contribution in [-0.2, 0) is 0 Å². The second-order valence-corrected chi connectivity index (χ2v) is 4.82. The normalized spacial score (nSPS) is 11.2. The first-order chi connectivity index (χ1) is 9.06. The fourth-order valence-corrected chi connectivity index (χ4v) is 1.80. The van der Waals surface area contributed by atoms with Crippen LogP contribution in [0.25, 0.3) is 11.0 Å². The van der Waals surface area contributed by atoms with Crippen LogP contribution in [0, 0.1) is 0 Å². The van der Waals surface area contributed by atoms with E-state index in [0.29, 0.717) is 24.0 Å². The Morgan fingerprint density at radius 2 is 2.16 bits per heavy atom. The van der Waals surface area contributed by atoms with Crippen LogP contribution in [0.3, 0.4) is 0 Å². The fourth-order valence-electron chi connectivity index (χ4n) is 1.80. The van der Waals surface area contributed by atoms with Gasteiger partial charge in [-0.1, -0.05) is 13.8 Å². The van der Waals surface area contributed by atoms with Crippen molar-refractivity contribution >= 4 is 16.8 Å². The van der Waals surface area contributed by atoms with E-state index in [2.05, 4.69) is 19.2 Å². The average Bonchev–Trinajstić information content (AvgIpc) is 2.77. The summed E-state index contributed by atoms with van der Waals surface area (Å²) in [7, 11) is 0. The third-order valence-corrected chi connectivity index (χ3v) is 2.76. The highest BCUT2D eigenvalue weighted by atomic mass is 16.5. The highest BCUT2D eigenvalue weighted by Gasteiger charge is 2.08. The molecule has 0 bridgehead atoms. The molecular weight excluding hydrogens is 242 g/mol. The van der Waals surface area contributed by atoms with Crippen LogP contribution in [0.1, 0.15) is 31.3 Å². The van der Waals surface area contributed by atoms with Gasteiger partial charge in [0, 0.05) is 24.9 Å². The molecule has 0 spiro atoms. The van der Waals surface area contributed by atoms with Crippen LogP contribution in [0.5, 0.6) is 5.75 Å². The van der Waals surface area contributed by atoms with Gasteiger partial charge in [-0.2, -0.15) is 0 Å². The van der Waals surface area contributed by atoms with Crippen LogP contribution in [0.15, 0.2) is 28.7 Å². The maximum atomic E-state index is 11.2. The molecule has 0 saturated heterocycles. The summed E-state index contributed by atoms with van der Waals surface area (Å²) in [6.45, 7) is 7.11. The molecule has 0 aliphatic heterocycles. The van der Waals surface area contributed by atoms with Gasteiger partial charge >= 0.3 is 0 Å². The number of rotatable bonds is 6. The number of fused-ring (bicyclic) bond motifs is 1. The first-order valence-electron chi connectivity index (χ1n) is 6.47.